The molecule has 1 N–H and O–H groups in total. The largest absolute Gasteiger partial charge is 0.497 e. The van der Waals surface area contributed by atoms with E-state index >= 15 is 0 Å². The molecule has 0 amide bonds. The molecule has 140 valence electrons. The van der Waals surface area contributed by atoms with Crippen molar-refractivity contribution >= 4 is 16.7 Å². The number of ether oxygens (including phenoxy) is 1. The van der Waals surface area contributed by atoms with Gasteiger partial charge in [-0.3, -0.25) is 9.78 Å². The third-order valence-corrected chi connectivity index (χ3v) is 4.50. The second kappa shape index (κ2) is 7.48. The first kappa shape index (κ1) is 17.7. The van der Waals surface area contributed by atoms with Gasteiger partial charge >= 0.3 is 0 Å². The minimum atomic E-state index is -0.143. The van der Waals surface area contributed by atoms with Crippen LogP contribution in [0, 0.1) is 0 Å². The van der Waals surface area contributed by atoms with Crippen LogP contribution in [-0.4, -0.2) is 26.6 Å². The fourth-order valence-corrected chi connectivity index (χ4v) is 2.95. The van der Waals surface area contributed by atoms with Gasteiger partial charge in [0.15, 0.2) is 0 Å². The van der Waals surface area contributed by atoms with E-state index < -0.39 is 0 Å². The highest BCUT2D eigenvalue weighted by molar-refractivity contribution is 5.91. The maximum Gasteiger partial charge on any atom is 0.264 e. The first-order valence-electron chi connectivity index (χ1n) is 8.79. The average Bonchev–Trinajstić information content (AvgIpc) is 2.75. The number of nitrogens with zero attached hydrogens (tertiary/aromatic N) is 4. The zero-order chi connectivity index (χ0) is 19.5. The number of rotatable bonds is 5. The summed E-state index contributed by atoms with van der Waals surface area (Å²) in [6.45, 7) is 0.523. The number of anilines is 1. The Balaban J connectivity index is 1.81. The number of benzene rings is 1. The summed E-state index contributed by atoms with van der Waals surface area (Å²) in [5.74, 6) is 1.28. The van der Waals surface area contributed by atoms with E-state index in [2.05, 4.69) is 15.3 Å². The molecule has 3 aromatic heterocycles. The third kappa shape index (κ3) is 3.42. The lowest BCUT2D eigenvalue weighted by Crippen LogP contribution is -2.19. The summed E-state index contributed by atoms with van der Waals surface area (Å²) in [5, 5.41) is 3.76. The van der Waals surface area contributed by atoms with Gasteiger partial charge in [0.25, 0.3) is 5.56 Å². The van der Waals surface area contributed by atoms with Crippen LogP contribution in [0.1, 0.15) is 5.56 Å². The Bertz CT molecular complexity index is 1170. The van der Waals surface area contributed by atoms with Crippen molar-refractivity contribution in [2.75, 3.05) is 12.4 Å². The molecule has 1 aromatic carbocycles. The lowest BCUT2D eigenvalue weighted by molar-refractivity contribution is 0.415. The Hall–Kier alpha value is -3.74. The molecule has 0 atom stereocenters. The maximum absolute atomic E-state index is 12.7. The van der Waals surface area contributed by atoms with Crippen LogP contribution in [-0.2, 0) is 13.6 Å². The first-order chi connectivity index (χ1) is 13.7. The van der Waals surface area contributed by atoms with Crippen molar-refractivity contribution in [1.29, 1.82) is 0 Å². The molecule has 7 nitrogen and oxygen atoms in total. The predicted octanol–water partition coefficient (Wildman–Crippen LogP) is 3.01. The highest BCUT2D eigenvalue weighted by Crippen LogP contribution is 2.26. The van der Waals surface area contributed by atoms with Crippen LogP contribution in [0.2, 0.25) is 0 Å². The van der Waals surface area contributed by atoms with Gasteiger partial charge in [0, 0.05) is 31.5 Å². The topological polar surface area (TPSA) is 81.9 Å². The summed E-state index contributed by atoms with van der Waals surface area (Å²) < 4.78 is 6.67. The van der Waals surface area contributed by atoms with E-state index in [-0.39, 0.29) is 5.56 Å². The third-order valence-electron chi connectivity index (χ3n) is 4.50. The summed E-state index contributed by atoms with van der Waals surface area (Å²) in [6, 6.07) is 13.3. The second-order valence-corrected chi connectivity index (χ2v) is 6.35. The number of pyridine rings is 2. The standard InChI is InChI=1S/C21H19N5O2/c1-26-13-24-18-11-17(15-3-5-16(28-2)6-4-15)25-20(19(18)21(26)27)23-12-14-7-9-22-10-8-14/h3-11,13H,12H2,1-2H3,(H,23,25). The summed E-state index contributed by atoms with van der Waals surface area (Å²) in [4.78, 5) is 25.9. The Morgan fingerprint density at radius 1 is 1.11 bits per heavy atom. The molecule has 4 rings (SSSR count). The van der Waals surface area contributed by atoms with Crippen LogP contribution >= 0.6 is 0 Å². The zero-order valence-electron chi connectivity index (χ0n) is 15.6. The molecule has 0 aliphatic rings. The zero-order valence-corrected chi connectivity index (χ0v) is 15.6. The number of aryl methyl sites for hydroxylation is 1. The number of methoxy groups -OCH3 is 1. The first-order valence-corrected chi connectivity index (χ1v) is 8.79. The minimum Gasteiger partial charge on any atom is -0.497 e. The number of nitrogens with one attached hydrogen (secondary N) is 1. The summed E-state index contributed by atoms with van der Waals surface area (Å²) in [5.41, 5.74) is 3.14. The monoisotopic (exact) mass is 373 g/mol. The van der Waals surface area contributed by atoms with Crippen molar-refractivity contribution in [2.24, 2.45) is 7.05 Å². The van der Waals surface area contributed by atoms with E-state index in [1.807, 2.05) is 42.5 Å². The Morgan fingerprint density at radius 3 is 2.57 bits per heavy atom. The van der Waals surface area contributed by atoms with Gasteiger partial charge < -0.3 is 14.6 Å². The van der Waals surface area contributed by atoms with Gasteiger partial charge in [-0.1, -0.05) is 0 Å². The van der Waals surface area contributed by atoms with Crippen LogP contribution < -0.4 is 15.6 Å². The van der Waals surface area contributed by atoms with Gasteiger partial charge in [0.05, 0.1) is 24.6 Å². The molecule has 0 unspecified atom stereocenters. The molecule has 4 aromatic rings. The fraction of sp³-hybridized carbons (Fsp3) is 0.143. The van der Waals surface area contributed by atoms with Crippen LogP contribution in [0.25, 0.3) is 22.2 Å². The van der Waals surface area contributed by atoms with Gasteiger partial charge in [0.1, 0.15) is 17.0 Å². The smallest absolute Gasteiger partial charge is 0.264 e. The molecule has 0 spiro atoms. The number of hydrogen-bond donors (Lipinski definition) is 1. The normalized spacial score (nSPS) is 10.8. The molecule has 0 saturated heterocycles. The van der Waals surface area contributed by atoms with E-state index in [9.17, 15) is 4.79 Å². The van der Waals surface area contributed by atoms with E-state index in [4.69, 9.17) is 9.72 Å². The molecule has 0 aliphatic carbocycles. The molecule has 0 radical (unpaired) electrons. The van der Waals surface area contributed by atoms with Crippen LogP contribution in [0.4, 0.5) is 5.82 Å². The van der Waals surface area contributed by atoms with Gasteiger partial charge in [-0.05, 0) is 48.0 Å². The fourth-order valence-electron chi connectivity index (χ4n) is 2.95. The predicted molar refractivity (Wildman–Crippen MR) is 108 cm³/mol. The average molecular weight is 373 g/mol. The van der Waals surface area contributed by atoms with Gasteiger partial charge in [-0.25, -0.2) is 9.97 Å². The van der Waals surface area contributed by atoms with Crippen molar-refractivity contribution in [3.63, 3.8) is 0 Å². The maximum atomic E-state index is 12.7. The number of aromatic nitrogens is 4. The molecule has 0 saturated carbocycles. The summed E-state index contributed by atoms with van der Waals surface area (Å²) in [7, 11) is 3.31. The number of hydrogen-bond acceptors (Lipinski definition) is 6. The van der Waals surface area contributed by atoms with E-state index in [1.165, 1.54) is 10.9 Å². The summed E-state index contributed by atoms with van der Waals surface area (Å²) in [6.07, 6.45) is 4.99. The lowest BCUT2D eigenvalue weighted by Gasteiger charge is -2.12. The molecule has 0 fully saturated rings. The Kier molecular flexibility index (Phi) is 4.72. The second-order valence-electron chi connectivity index (χ2n) is 6.35. The Labute approximate surface area is 161 Å². The molecule has 0 aliphatic heterocycles. The van der Waals surface area contributed by atoms with E-state index in [1.54, 1.807) is 26.6 Å². The van der Waals surface area contributed by atoms with Crippen molar-refractivity contribution in [3.8, 4) is 17.0 Å². The molecule has 7 heteroatoms. The van der Waals surface area contributed by atoms with E-state index in [0.29, 0.717) is 23.3 Å². The highest BCUT2D eigenvalue weighted by atomic mass is 16.5. The molecular formula is C21H19N5O2. The van der Waals surface area contributed by atoms with E-state index in [0.717, 1.165) is 22.6 Å². The lowest BCUT2D eigenvalue weighted by atomic mass is 10.1. The van der Waals surface area contributed by atoms with Crippen LogP contribution in [0.5, 0.6) is 5.75 Å². The van der Waals surface area contributed by atoms with Crippen LogP contribution in [0.3, 0.4) is 0 Å². The van der Waals surface area contributed by atoms with Crippen molar-refractivity contribution < 1.29 is 4.74 Å². The molecule has 3 heterocycles. The quantitative estimate of drug-likeness (QED) is 0.579. The minimum absolute atomic E-state index is 0.143. The number of fused-ring (bicyclic) bond motifs is 1. The van der Waals surface area contributed by atoms with Gasteiger partial charge in [-0.2, -0.15) is 0 Å². The summed E-state index contributed by atoms with van der Waals surface area (Å²) >= 11 is 0. The molecule has 0 bridgehead atoms. The highest BCUT2D eigenvalue weighted by Gasteiger charge is 2.13. The van der Waals surface area contributed by atoms with Gasteiger partial charge in [-0.15, -0.1) is 0 Å². The molecular weight excluding hydrogens is 354 g/mol. The van der Waals surface area contributed by atoms with Gasteiger partial charge in [0.2, 0.25) is 0 Å². The van der Waals surface area contributed by atoms with Crippen LogP contribution in [0.15, 0.2) is 66.0 Å². The Morgan fingerprint density at radius 2 is 1.86 bits per heavy atom. The van der Waals surface area contributed by atoms with Crippen molar-refractivity contribution in [3.05, 3.63) is 77.1 Å². The molecule has 28 heavy (non-hydrogen) atoms. The van der Waals surface area contributed by atoms with Crippen molar-refractivity contribution in [1.82, 2.24) is 19.5 Å². The SMILES string of the molecule is COc1ccc(-c2cc3ncn(C)c(=O)c3c(NCc3ccncc3)n2)cc1. The van der Waals surface area contributed by atoms with Crippen molar-refractivity contribution in [2.45, 2.75) is 6.54 Å².